The predicted molar refractivity (Wildman–Crippen MR) is 103 cm³/mol. The van der Waals surface area contributed by atoms with Crippen LogP contribution in [0.3, 0.4) is 0 Å². The maximum absolute atomic E-state index is 12.4. The highest BCUT2D eigenvalue weighted by atomic mass is 32.2. The van der Waals surface area contributed by atoms with E-state index in [1.807, 2.05) is 6.07 Å². The molecule has 0 saturated heterocycles. The highest BCUT2D eigenvalue weighted by Gasteiger charge is 2.14. The monoisotopic (exact) mass is 377 g/mol. The van der Waals surface area contributed by atoms with Crippen molar-refractivity contribution in [2.24, 2.45) is 0 Å². The topological polar surface area (TPSA) is 99.1 Å². The Balaban J connectivity index is 1.79. The first kappa shape index (κ1) is 18.2. The Hall–Kier alpha value is -3.63. The molecule has 0 aliphatic carbocycles. The van der Waals surface area contributed by atoms with Crippen LogP contribution in [0.25, 0.3) is 0 Å². The molecule has 3 rings (SSSR count). The lowest BCUT2D eigenvalue weighted by atomic mass is 10.1. The van der Waals surface area contributed by atoms with Gasteiger partial charge >= 0.3 is 0 Å². The highest BCUT2D eigenvalue weighted by Crippen LogP contribution is 2.18. The van der Waals surface area contributed by atoms with E-state index in [9.17, 15) is 13.2 Å². The second-order valence-electron chi connectivity index (χ2n) is 5.65. The number of carbonyl (C=O) groups is 1. The zero-order valence-corrected chi connectivity index (χ0v) is 14.9. The van der Waals surface area contributed by atoms with Crippen LogP contribution in [0.2, 0.25) is 0 Å². The normalized spacial score (nSPS) is 10.6. The third kappa shape index (κ3) is 4.51. The molecule has 1 amide bonds. The molecule has 0 aliphatic rings. The van der Waals surface area contributed by atoms with E-state index in [0.717, 1.165) is 0 Å². The minimum atomic E-state index is -3.74. The van der Waals surface area contributed by atoms with Crippen molar-refractivity contribution >= 4 is 27.3 Å². The van der Waals surface area contributed by atoms with Crippen LogP contribution in [0.1, 0.15) is 15.9 Å². The van der Waals surface area contributed by atoms with Crippen LogP contribution in [0.15, 0.2) is 83.8 Å². The molecule has 7 heteroatoms. The molecule has 0 aliphatic heterocycles. The largest absolute Gasteiger partial charge is 0.322 e. The number of rotatable bonds is 5. The van der Waals surface area contributed by atoms with Gasteiger partial charge in [0, 0.05) is 16.9 Å². The molecule has 0 unspecified atom stereocenters. The van der Waals surface area contributed by atoms with Gasteiger partial charge in [-0.1, -0.05) is 30.3 Å². The van der Waals surface area contributed by atoms with E-state index in [0.29, 0.717) is 11.3 Å². The number of amides is 1. The molecule has 0 spiro atoms. The van der Waals surface area contributed by atoms with Crippen LogP contribution in [-0.2, 0) is 10.0 Å². The van der Waals surface area contributed by atoms with Gasteiger partial charge in [0.05, 0.1) is 16.5 Å². The van der Waals surface area contributed by atoms with Crippen LogP contribution in [-0.4, -0.2) is 14.3 Å². The van der Waals surface area contributed by atoms with E-state index in [4.69, 9.17) is 5.26 Å². The number of sulfonamides is 1. The second-order valence-corrected chi connectivity index (χ2v) is 7.33. The van der Waals surface area contributed by atoms with E-state index in [-0.39, 0.29) is 16.1 Å². The highest BCUT2D eigenvalue weighted by molar-refractivity contribution is 7.92. The zero-order valence-electron chi connectivity index (χ0n) is 14.1. The fourth-order valence-corrected chi connectivity index (χ4v) is 3.48. The fourth-order valence-electron chi connectivity index (χ4n) is 2.41. The molecule has 134 valence electrons. The average molecular weight is 377 g/mol. The Bertz CT molecular complexity index is 1120. The molecule has 0 radical (unpaired) electrons. The Morgan fingerprint density at radius 1 is 0.852 bits per heavy atom. The van der Waals surface area contributed by atoms with Crippen molar-refractivity contribution in [1.82, 2.24) is 0 Å². The SMILES string of the molecule is N#Cc1cccc(NC(=O)c2cccc(NS(=O)(=O)c3ccccc3)c2)c1. The Kier molecular flexibility index (Phi) is 5.20. The maximum Gasteiger partial charge on any atom is 0.261 e. The Labute approximate surface area is 157 Å². The minimum absolute atomic E-state index is 0.133. The van der Waals surface area contributed by atoms with Crippen molar-refractivity contribution in [1.29, 1.82) is 5.26 Å². The maximum atomic E-state index is 12.4. The Morgan fingerprint density at radius 2 is 1.56 bits per heavy atom. The van der Waals surface area contributed by atoms with Gasteiger partial charge < -0.3 is 5.32 Å². The van der Waals surface area contributed by atoms with Crippen LogP contribution in [0.4, 0.5) is 11.4 Å². The molecule has 0 heterocycles. The summed E-state index contributed by atoms with van der Waals surface area (Å²) in [7, 11) is -3.74. The number of nitrogens with one attached hydrogen (secondary N) is 2. The van der Waals surface area contributed by atoms with E-state index in [1.165, 1.54) is 18.2 Å². The molecule has 0 aromatic heterocycles. The molecule has 27 heavy (non-hydrogen) atoms. The van der Waals surface area contributed by atoms with Gasteiger partial charge in [-0.25, -0.2) is 8.42 Å². The van der Waals surface area contributed by atoms with Gasteiger partial charge in [-0.15, -0.1) is 0 Å². The number of benzene rings is 3. The van der Waals surface area contributed by atoms with E-state index in [2.05, 4.69) is 10.0 Å². The van der Waals surface area contributed by atoms with E-state index in [1.54, 1.807) is 60.7 Å². The first-order valence-electron chi connectivity index (χ1n) is 7.97. The quantitative estimate of drug-likeness (QED) is 0.709. The van der Waals surface area contributed by atoms with Crippen LogP contribution >= 0.6 is 0 Å². The lowest BCUT2D eigenvalue weighted by Gasteiger charge is -2.10. The van der Waals surface area contributed by atoms with Crippen LogP contribution in [0.5, 0.6) is 0 Å². The van der Waals surface area contributed by atoms with Gasteiger partial charge in [0.25, 0.3) is 15.9 Å². The molecule has 0 bridgehead atoms. The van der Waals surface area contributed by atoms with Gasteiger partial charge in [0.15, 0.2) is 0 Å². The van der Waals surface area contributed by atoms with E-state index >= 15 is 0 Å². The summed E-state index contributed by atoms with van der Waals surface area (Å²) in [5, 5.41) is 11.6. The number of carbonyl (C=O) groups excluding carboxylic acids is 1. The average Bonchev–Trinajstić information content (AvgIpc) is 2.68. The van der Waals surface area contributed by atoms with E-state index < -0.39 is 15.9 Å². The van der Waals surface area contributed by atoms with Crippen molar-refractivity contribution < 1.29 is 13.2 Å². The lowest BCUT2D eigenvalue weighted by Crippen LogP contribution is -2.15. The molecule has 3 aromatic carbocycles. The summed E-state index contributed by atoms with van der Waals surface area (Å²) in [6, 6.07) is 22.7. The van der Waals surface area contributed by atoms with Gasteiger partial charge in [0.2, 0.25) is 0 Å². The van der Waals surface area contributed by atoms with Crippen molar-refractivity contribution in [3.05, 3.63) is 90.0 Å². The van der Waals surface area contributed by atoms with Crippen LogP contribution in [0, 0.1) is 11.3 Å². The molecule has 2 N–H and O–H groups in total. The van der Waals surface area contributed by atoms with Crippen molar-refractivity contribution in [3.8, 4) is 6.07 Å². The molecule has 0 atom stereocenters. The number of anilines is 2. The van der Waals surface area contributed by atoms with Crippen LogP contribution < -0.4 is 10.0 Å². The summed E-state index contributed by atoms with van der Waals surface area (Å²) in [5.41, 5.74) is 1.47. The first-order valence-corrected chi connectivity index (χ1v) is 9.46. The number of hydrogen-bond donors (Lipinski definition) is 2. The second kappa shape index (κ2) is 7.72. The smallest absolute Gasteiger partial charge is 0.261 e. The third-order valence-corrected chi connectivity index (χ3v) is 5.08. The van der Waals surface area contributed by atoms with Crippen molar-refractivity contribution in [3.63, 3.8) is 0 Å². The van der Waals surface area contributed by atoms with Gasteiger partial charge in [0.1, 0.15) is 0 Å². The van der Waals surface area contributed by atoms with Crippen molar-refractivity contribution in [2.75, 3.05) is 10.0 Å². The summed E-state index contributed by atoms with van der Waals surface area (Å²) < 4.78 is 27.3. The molecule has 0 fully saturated rings. The summed E-state index contributed by atoms with van der Waals surface area (Å²) in [6.07, 6.45) is 0. The molecule has 3 aromatic rings. The number of nitriles is 1. The summed E-state index contributed by atoms with van der Waals surface area (Å²) >= 11 is 0. The Morgan fingerprint density at radius 3 is 2.30 bits per heavy atom. The summed E-state index contributed by atoms with van der Waals surface area (Å²) in [6.45, 7) is 0. The molecule has 0 saturated carbocycles. The summed E-state index contributed by atoms with van der Waals surface area (Å²) in [5.74, 6) is -0.411. The molecular formula is C20H15N3O3S. The number of hydrogen-bond acceptors (Lipinski definition) is 4. The number of nitrogens with zero attached hydrogens (tertiary/aromatic N) is 1. The lowest BCUT2D eigenvalue weighted by molar-refractivity contribution is 0.102. The zero-order chi connectivity index (χ0) is 19.3. The fraction of sp³-hybridized carbons (Fsp3) is 0. The molecule has 6 nitrogen and oxygen atoms in total. The van der Waals surface area contributed by atoms with Gasteiger partial charge in [-0.3, -0.25) is 9.52 Å². The standard InChI is InChI=1S/C20H15N3O3S/c21-14-15-6-4-8-17(12-15)22-20(24)16-7-5-9-18(13-16)23-27(25,26)19-10-2-1-3-11-19/h1-13,23H,(H,22,24). The van der Waals surface area contributed by atoms with Crippen molar-refractivity contribution in [2.45, 2.75) is 4.90 Å². The predicted octanol–water partition coefficient (Wildman–Crippen LogP) is 3.61. The minimum Gasteiger partial charge on any atom is -0.322 e. The summed E-state index contributed by atoms with van der Waals surface area (Å²) in [4.78, 5) is 12.6. The van der Waals surface area contributed by atoms with Gasteiger partial charge in [-0.2, -0.15) is 5.26 Å². The molecular weight excluding hydrogens is 362 g/mol. The van der Waals surface area contributed by atoms with Gasteiger partial charge in [-0.05, 0) is 48.5 Å². The third-order valence-electron chi connectivity index (χ3n) is 3.68. The first-order chi connectivity index (χ1) is 13.0.